The summed E-state index contributed by atoms with van der Waals surface area (Å²) in [7, 11) is 1.88. The molecule has 1 N–H and O–H groups in total. The minimum absolute atomic E-state index is 0.228. The quantitative estimate of drug-likeness (QED) is 0.392. The molecule has 0 saturated carbocycles. The average molecular weight is 486 g/mol. The number of nitrogens with one attached hydrogen (secondary N) is 1. The molecule has 0 bridgehead atoms. The van der Waals surface area contributed by atoms with Crippen LogP contribution in [0.3, 0.4) is 0 Å². The fourth-order valence-electron chi connectivity index (χ4n) is 4.02. The Kier molecular flexibility index (Phi) is 6.85. The van der Waals surface area contributed by atoms with E-state index in [2.05, 4.69) is 20.3 Å². The van der Waals surface area contributed by atoms with Gasteiger partial charge in [0.05, 0.1) is 31.2 Å². The van der Waals surface area contributed by atoms with Gasteiger partial charge in [-0.05, 0) is 31.2 Å². The van der Waals surface area contributed by atoms with Crippen LogP contribution in [0.5, 0.6) is 0 Å². The van der Waals surface area contributed by atoms with Gasteiger partial charge in [0.25, 0.3) is 0 Å². The number of anilines is 3. The first-order valence-electron chi connectivity index (χ1n) is 11.8. The van der Waals surface area contributed by atoms with Crippen LogP contribution in [0, 0.1) is 0 Å². The third kappa shape index (κ3) is 5.03. The number of aryl methyl sites for hydroxylation is 1. The molecule has 1 fully saturated rings. The van der Waals surface area contributed by atoms with Gasteiger partial charge in [0.2, 0.25) is 5.95 Å². The number of morpholine rings is 1. The van der Waals surface area contributed by atoms with Crippen molar-refractivity contribution >= 4 is 23.4 Å². The monoisotopic (exact) mass is 485 g/mol. The number of nitrogens with zero attached hydrogens (tertiary/aromatic N) is 6. The van der Waals surface area contributed by atoms with Crippen molar-refractivity contribution in [1.29, 1.82) is 0 Å². The third-order valence-electron chi connectivity index (χ3n) is 5.76. The number of benzene rings is 1. The molecule has 5 rings (SSSR count). The Morgan fingerprint density at radius 2 is 1.86 bits per heavy atom. The predicted molar refractivity (Wildman–Crippen MR) is 136 cm³/mol. The predicted octanol–water partition coefficient (Wildman–Crippen LogP) is 3.70. The standard InChI is InChI=1S/C26H27N7O3/c1-3-36-25(34)22-23(19-6-4-5-18(17-19)21-9-12-32(2)31-21)29-26(33-13-15-35-16-14-33)30-24(22)28-20-7-10-27-11-8-20/h4-12,17H,3,13-16H2,1-2H3,(H,27,28,29,30). The van der Waals surface area contributed by atoms with Crippen LogP contribution < -0.4 is 10.2 Å². The Balaban J connectivity index is 1.69. The van der Waals surface area contributed by atoms with Crippen molar-refractivity contribution in [2.45, 2.75) is 6.92 Å². The molecular formula is C26H27N7O3. The number of aromatic nitrogens is 5. The van der Waals surface area contributed by atoms with Crippen molar-refractivity contribution in [2.75, 3.05) is 43.1 Å². The summed E-state index contributed by atoms with van der Waals surface area (Å²) in [6, 6.07) is 13.4. The number of esters is 1. The van der Waals surface area contributed by atoms with Crippen LogP contribution in [0.2, 0.25) is 0 Å². The first kappa shape index (κ1) is 23.4. The van der Waals surface area contributed by atoms with E-state index < -0.39 is 5.97 Å². The first-order valence-corrected chi connectivity index (χ1v) is 11.8. The van der Waals surface area contributed by atoms with E-state index in [-0.39, 0.29) is 12.2 Å². The summed E-state index contributed by atoms with van der Waals surface area (Å²) in [4.78, 5) is 29.1. The van der Waals surface area contributed by atoms with Crippen molar-refractivity contribution in [1.82, 2.24) is 24.7 Å². The topological polar surface area (TPSA) is 107 Å². The van der Waals surface area contributed by atoms with Crippen LogP contribution in [-0.4, -0.2) is 63.6 Å². The highest BCUT2D eigenvalue weighted by molar-refractivity contribution is 6.02. The van der Waals surface area contributed by atoms with Crippen molar-refractivity contribution in [2.24, 2.45) is 7.05 Å². The molecule has 1 saturated heterocycles. The highest BCUT2D eigenvalue weighted by Gasteiger charge is 2.26. The lowest BCUT2D eigenvalue weighted by Crippen LogP contribution is -2.37. The van der Waals surface area contributed by atoms with E-state index in [1.807, 2.05) is 55.7 Å². The molecule has 0 spiro atoms. The summed E-state index contributed by atoms with van der Waals surface area (Å²) >= 11 is 0. The van der Waals surface area contributed by atoms with Crippen molar-refractivity contribution < 1.29 is 14.3 Å². The minimum Gasteiger partial charge on any atom is -0.462 e. The van der Waals surface area contributed by atoms with Gasteiger partial charge in [-0.25, -0.2) is 9.78 Å². The smallest absolute Gasteiger partial charge is 0.344 e. The molecular weight excluding hydrogens is 458 g/mol. The maximum atomic E-state index is 13.3. The minimum atomic E-state index is -0.499. The lowest BCUT2D eigenvalue weighted by molar-refractivity contribution is 0.0527. The van der Waals surface area contributed by atoms with Gasteiger partial charge in [0.15, 0.2) is 5.82 Å². The van der Waals surface area contributed by atoms with Crippen LogP contribution in [0.15, 0.2) is 61.1 Å². The summed E-state index contributed by atoms with van der Waals surface area (Å²) in [6.07, 6.45) is 5.24. The summed E-state index contributed by atoms with van der Waals surface area (Å²) in [5.74, 6) is 0.386. The second-order valence-corrected chi connectivity index (χ2v) is 8.23. The lowest BCUT2D eigenvalue weighted by Gasteiger charge is -2.28. The van der Waals surface area contributed by atoms with E-state index in [0.717, 1.165) is 22.5 Å². The molecule has 0 unspecified atom stereocenters. The van der Waals surface area contributed by atoms with Crippen LogP contribution in [0.4, 0.5) is 17.5 Å². The Labute approximate surface area is 208 Å². The number of carbonyl (C=O) groups is 1. The molecule has 36 heavy (non-hydrogen) atoms. The maximum Gasteiger partial charge on any atom is 0.344 e. The fourth-order valence-corrected chi connectivity index (χ4v) is 4.02. The fraction of sp³-hybridized carbons (Fsp3) is 0.269. The Morgan fingerprint density at radius 1 is 1.08 bits per heavy atom. The SMILES string of the molecule is CCOC(=O)c1c(Nc2ccncc2)nc(N2CCOCC2)nc1-c1cccc(-c2ccn(C)n2)c1. The second-order valence-electron chi connectivity index (χ2n) is 8.23. The molecule has 10 nitrogen and oxygen atoms in total. The summed E-state index contributed by atoms with van der Waals surface area (Å²) < 4.78 is 12.7. The molecule has 4 heterocycles. The van der Waals surface area contributed by atoms with Gasteiger partial charge in [0.1, 0.15) is 5.56 Å². The number of hydrogen-bond acceptors (Lipinski definition) is 9. The Hall–Kier alpha value is -4.31. The number of hydrogen-bond donors (Lipinski definition) is 1. The molecule has 4 aromatic rings. The Morgan fingerprint density at radius 3 is 2.58 bits per heavy atom. The molecule has 1 aliphatic heterocycles. The highest BCUT2D eigenvalue weighted by Crippen LogP contribution is 2.33. The molecule has 0 atom stereocenters. The number of carbonyl (C=O) groups excluding carboxylic acids is 1. The normalized spacial score (nSPS) is 13.4. The maximum absolute atomic E-state index is 13.3. The van der Waals surface area contributed by atoms with Gasteiger partial charge in [-0.2, -0.15) is 10.1 Å². The van der Waals surface area contributed by atoms with E-state index in [4.69, 9.17) is 19.4 Å². The van der Waals surface area contributed by atoms with Crippen LogP contribution >= 0.6 is 0 Å². The van der Waals surface area contributed by atoms with Crippen molar-refractivity contribution in [3.63, 3.8) is 0 Å². The van der Waals surface area contributed by atoms with E-state index >= 15 is 0 Å². The summed E-state index contributed by atoms with van der Waals surface area (Å²) in [5.41, 5.74) is 4.00. The third-order valence-corrected chi connectivity index (χ3v) is 5.76. The number of rotatable bonds is 7. The molecule has 0 amide bonds. The van der Waals surface area contributed by atoms with Gasteiger partial charge in [-0.1, -0.05) is 18.2 Å². The Bertz CT molecular complexity index is 1350. The van der Waals surface area contributed by atoms with E-state index in [1.54, 1.807) is 24.0 Å². The summed E-state index contributed by atoms with van der Waals surface area (Å²) in [5, 5.41) is 7.80. The highest BCUT2D eigenvalue weighted by atomic mass is 16.5. The van der Waals surface area contributed by atoms with Gasteiger partial charge in [-0.3, -0.25) is 9.67 Å². The zero-order valence-electron chi connectivity index (χ0n) is 20.2. The number of ether oxygens (including phenoxy) is 2. The van der Waals surface area contributed by atoms with Gasteiger partial charge < -0.3 is 19.7 Å². The second kappa shape index (κ2) is 10.5. The zero-order valence-corrected chi connectivity index (χ0v) is 20.2. The lowest BCUT2D eigenvalue weighted by atomic mass is 10.0. The summed E-state index contributed by atoms with van der Waals surface area (Å²) in [6.45, 7) is 4.48. The molecule has 184 valence electrons. The molecule has 1 aromatic carbocycles. The van der Waals surface area contributed by atoms with Crippen molar-refractivity contribution in [3.05, 3.63) is 66.6 Å². The van der Waals surface area contributed by atoms with E-state index in [0.29, 0.717) is 43.8 Å². The van der Waals surface area contributed by atoms with Gasteiger partial charge in [0, 0.05) is 55.5 Å². The van der Waals surface area contributed by atoms with Crippen molar-refractivity contribution in [3.8, 4) is 22.5 Å². The van der Waals surface area contributed by atoms with E-state index in [9.17, 15) is 4.79 Å². The molecule has 3 aromatic heterocycles. The van der Waals surface area contributed by atoms with Crippen LogP contribution in [0.1, 0.15) is 17.3 Å². The van der Waals surface area contributed by atoms with Gasteiger partial charge >= 0.3 is 5.97 Å². The van der Waals surface area contributed by atoms with Crippen LogP contribution in [-0.2, 0) is 16.5 Å². The zero-order chi connectivity index (χ0) is 24.9. The molecule has 10 heteroatoms. The van der Waals surface area contributed by atoms with Crippen LogP contribution in [0.25, 0.3) is 22.5 Å². The molecule has 0 aliphatic carbocycles. The average Bonchev–Trinajstić information content (AvgIpc) is 3.36. The van der Waals surface area contributed by atoms with E-state index in [1.165, 1.54) is 0 Å². The molecule has 1 aliphatic rings. The first-order chi connectivity index (χ1) is 17.6. The van der Waals surface area contributed by atoms with Gasteiger partial charge in [-0.15, -0.1) is 0 Å². The number of pyridine rings is 1. The largest absolute Gasteiger partial charge is 0.462 e. The molecule has 0 radical (unpaired) electrons.